The molecule has 0 saturated carbocycles. The molecule has 3 aliphatic heterocycles. The molecule has 422 valence electrons. The van der Waals surface area contributed by atoms with Crippen molar-refractivity contribution in [2.45, 2.75) is 90.6 Å². The molecule has 2 amide bonds. The molecule has 5 aromatic rings. The van der Waals surface area contributed by atoms with Crippen LogP contribution < -0.4 is 37.7 Å². The van der Waals surface area contributed by atoms with E-state index >= 15 is 0 Å². The third kappa shape index (κ3) is 12.9. The number of anilines is 4. The second-order valence-corrected chi connectivity index (χ2v) is 20.4. The molecule has 3 atom stereocenters. The van der Waals surface area contributed by atoms with Crippen molar-refractivity contribution in [3.63, 3.8) is 0 Å². The third-order valence-electron chi connectivity index (χ3n) is 14.9. The zero-order valence-corrected chi connectivity index (χ0v) is 45.4. The van der Waals surface area contributed by atoms with Gasteiger partial charge in [-0.1, -0.05) is 50.1 Å². The van der Waals surface area contributed by atoms with Crippen molar-refractivity contribution in [3.05, 3.63) is 94.2 Å². The number of amides is 2. The van der Waals surface area contributed by atoms with E-state index in [0.29, 0.717) is 124 Å². The first-order valence-corrected chi connectivity index (χ1v) is 27.5. The highest BCUT2D eigenvalue weighted by Gasteiger charge is 2.35. The quantitative estimate of drug-likeness (QED) is 0.0221. The fourth-order valence-corrected chi connectivity index (χ4v) is 10.3. The number of unbranched alkanes of at least 4 members (excludes halogenated alkanes) is 2. The number of phenolic OH excluding ortho intramolecular Hbond substituents is 1. The minimum atomic E-state index is -1.22. The molecule has 1 aliphatic carbocycles. The number of aromatic hydroxyl groups is 1. The van der Waals surface area contributed by atoms with Gasteiger partial charge in [-0.3, -0.25) is 19.4 Å². The number of phenols is 1. The Labute approximate surface area is 462 Å². The number of carbonyl (C=O) groups is 3. The number of piperazine rings is 2. The average Bonchev–Trinajstić information content (AvgIpc) is 4.26. The van der Waals surface area contributed by atoms with Crippen molar-refractivity contribution in [2.24, 2.45) is 28.1 Å². The predicted octanol–water partition coefficient (Wildman–Crippen LogP) is 4.58. The Bertz CT molecular complexity index is 3360. The van der Waals surface area contributed by atoms with Crippen LogP contribution in [0.15, 0.2) is 81.2 Å². The fraction of sp³-hybridized carbons (Fsp3) is 0.455. The highest BCUT2D eigenvalue weighted by Crippen LogP contribution is 2.43. The summed E-state index contributed by atoms with van der Waals surface area (Å²) in [4.78, 5) is 81.1. The summed E-state index contributed by atoms with van der Waals surface area (Å²) >= 11 is 0. The van der Waals surface area contributed by atoms with E-state index in [1.54, 1.807) is 33.6 Å². The predicted molar refractivity (Wildman–Crippen MR) is 302 cm³/mol. The Balaban J connectivity index is 0.990. The highest BCUT2D eigenvalue weighted by atomic mass is 16.4. The summed E-state index contributed by atoms with van der Waals surface area (Å²) < 4.78 is 9.41. The number of aliphatic imine (C=N–C) groups is 1. The molecule has 4 aliphatic rings. The lowest BCUT2D eigenvalue weighted by atomic mass is 9.90. The number of nitrogens with one attached hydrogen (secondary N) is 1. The first kappa shape index (κ1) is 56.0. The monoisotopic (exact) mass is 1090 g/mol. The van der Waals surface area contributed by atoms with E-state index < -0.39 is 18.1 Å². The number of rotatable bonds is 23. The summed E-state index contributed by atoms with van der Waals surface area (Å²) in [5.74, 6) is -0.350. The maximum absolute atomic E-state index is 14.5. The van der Waals surface area contributed by atoms with Gasteiger partial charge in [-0.15, -0.1) is 10.2 Å². The van der Waals surface area contributed by atoms with Gasteiger partial charge in [-0.05, 0) is 99.4 Å². The largest absolute Gasteiger partial charge is 0.508 e. The van der Waals surface area contributed by atoms with Gasteiger partial charge in [0.05, 0.1) is 17.0 Å². The van der Waals surface area contributed by atoms with Crippen LogP contribution in [0.2, 0.25) is 0 Å². The summed E-state index contributed by atoms with van der Waals surface area (Å²) in [5, 5.41) is 42.5. The van der Waals surface area contributed by atoms with Crippen molar-refractivity contribution < 1.29 is 29.0 Å². The Morgan fingerprint density at radius 1 is 0.762 bits per heavy atom. The summed E-state index contributed by atoms with van der Waals surface area (Å²) in [7, 11) is 0. The maximum Gasteiger partial charge on any atom is 0.336 e. The van der Waals surface area contributed by atoms with Crippen LogP contribution in [0.5, 0.6) is 5.75 Å². The number of aryl methyl sites for hydroxylation is 2. The molecule has 2 fully saturated rings. The van der Waals surface area contributed by atoms with E-state index in [1.165, 1.54) is 30.3 Å². The summed E-state index contributed by atoms with van der Waals surface area (Å²) in [5.41, 5.74) is 20.1. The smallest absolute Gasteiger partial charge is 0.336 e. The fourth-order valence-electron chi connectivity index (χ4n) is 10.3. The number of fused-ring (bicyclic) bond motifs is 2. The number of hydrogen-bond acceptors (Lipinski definition) is 18. The van der Waals surface area contributed by atoms with Gasteiger partial charge in [0, 0.05) is 106 Å². The molecule has 3 aromatic heterocycles. The molecule has 0 radical (unpaired) electrons. The maximum atomic E-state index is 14.5. The van der Waals surface area contributed by atoms with Gasteiger partial charge in [0.25, 0.3) is 0 Å². The second kappa shape index (κ2) is 25.4. The number of carboxylic acids is 1. The number of guanidine groups is 1. The molecule has 0 bridgehead atoms. The van der Waals surface area contributed by atoms with E-state index in [0.717, 1.165) is 49.9 Å². The van der Waals surface area contributed by atoms with Crippen molar-refractivity contribution in [3.8, 4) is 28.2 Å². The third-order valence-corrected chi connectivity index (χ3v) is 14.9. The minimum Gasteiger partial charge on any atom is -0.508 e. The number of carbonyl (C=O) groups excluding carboxylic acids is 2. The van der Waals surface area contributed by atoms with E-state index in [1.807, 2.05) is 45.8 Å². The molecule has 9 N–H and O–H groups in total. The van der Waals surface area contributed by atoms with E-state index in [9.17, 15) is 29.4 Å². The van der Waals surface area contributed by atoms with Gasteiger partial charge in [0.15, 0.2) is 11.4 Å². The number of benzene rings is 3. The topological polar surface area (TPSA) is 337 Å². The Morgan fingerprint density at radius 2 is 1.41 bits per heavy atom. The van der Waals surface area contributed by atoms with Gasteiger partial charge in [-0.25, -0.2) is 14.2 Å². The lowest BCUT2D eigenvalue weighted by Crippen LogP contribution is -2.52. The van der Waals surface area contributed by atoms with Gasteiger partial charge in [0.2, 0.25) is 29.7 Å². The normalized spacial score (nSPS) is 15.1. The van der Waals surface area contributed by atoms with Crippen LogP contribution in [0, 0.1) is 5.92 Å². The number of nitrogens with two attached hydrogens (primary N) is 3. The number of hydrogen-bond donors (Lipinski definition) is 6. The summed E-state index contributed by atoms with van der Waals surface area (Å²) in [6.45, 7) is 10.2. The van der Waals surface area contributed by atoms with E-state index in [-0.39, 0.29) is 57.7 Å². The van der Waals surface area contributed by atoms with Crippen molar-refractivity contribution >= 4 is 58.2 Å². The minimum absolute atomic E-state index is 0.0295. The second-order valence-electron chi connectivity index (χ2n) is 20.4. The van der Waals surface area contributed by atoms with Crippen molar-refractivity contribution in [2.75, 3.05) is 80.6 Å². The number of aromatic nitrogens is 9. The summed E-state index contributed by atoms with van der Waals surface area (Å²) in [6, 6.07) is 12.6. The lowest BCUT2D eigenvalue weighted by molar-refractivity contribution is -0.137. The lowest BCUT2D eigenvalue weighted by Gasteiger charge is -2.38. The first-order valence-electron chi connectivity index (χ1n) is 27.5. The van der Waals surface area contributed by atoms with Gasteiger partial charge >= 0.3 is 5.97 Å². The van der Waals surface area contributed by atoms with Gasteiger partial charge in [-0.2, -0.15) is 15.0 Å². The molecule has 0 spiro atoms. The highest BCUT2D eigenvalue weighted by molar-refractivity contribution is 6.08. The molecule has 2 aromatic carbocycles. The van der Waals surface area contributed by atoms with E-state index in [2.05, 4.69) is 37.9 Å². The standard InChI is InChI=1S/C55H70N18O7/c1-4-6-10-36-32-72(66-64-36)44(12-7-8-19-56)49(76)68-21-25-70(26-22-68)54-61-53(60-35-13-16-40(43(29-35)51(78)79)47-41-17-14-38(74)30-45(41)80-46-31-39(75)15-18-42(46)47)62-55(63-54)71-27-23-69(24-28-71)50(77)48(34(3)5-2)73-33-37(65-67-73)11-9-20-59-52(57)58/h13-18,29-34,44,48,74H,4-12,19-28,56H2,1-3H3,(H,78,79)(H4,57,58,59)(H,60,61,62,63)/t34-,44-,48-/m0/s1. The number of nitrogens with zero attached hydrogens (tertiary/aromatic N) is 14. The van der Waals surface area contributed by atoms with Crippen LogP contribution in [0.4, 0.5) is 23.5 Å². The molecule has 2 saturated heterocycles. The zero-order chi connectivity index (χ0) is 56.5. The molecule has 0 unspecified atom stereocenters. The molecule has 9 rings (SSSR count). The molecule has 25 nitrogen and oxygen atoms in total. The molecular formula is C55H70N18O7. The van der Waals surface area contributed by atoms with Crippen LogP contribution in [0.1, 0.15) is 99.5 Å². The Kier molecular flexibility index (Phi) is 17.8. The number of aromatic carboxylic acids is 1. The average molecular weight is 1100 g/mol. The molecule has 6 heterocycles. The zero-order valence-electron chi connectivity index (χ0n) is 45.4. The molecular weight excluding hydrogens is 1020 g/mol. The molecule has 80 heavy (non-hydrogen) atoms. The van der Waals surface area contributed by atoms with Gasteiger partial charge < -0.3 is 56.7 Å². The van der Waals surface area contributed by atoms with Crippen LogP contribution in [-0.4, -0.2) is 154 Å². The van der Waals surface area contributed by atoms with Crippen molar-refractivity contribution in [1.82, 2.24) is 54.7 Å². The van der Waals surface area contributed by atoms with Crippen LogP contribution in [-0.2, 0) is 22.4 Å². The number of carboxylic acid groups (broad SMARTS) is 1. The Morgan fingerprint density at radius 3 is 2.06 bits per heavy atom. The Hall–Kier alpha value is -8.74. The summed E-state index contributed by atoms with van der Waals surface area (Å²) in [6.07, 6.45) is 10.6. The molecule has 25 heteroatoms. The van der Waals surface area contributed by atoms with Crippen molar-refractivity contribution in [1.29, 1.82) is 0 Å². The first-order chi connectivity index (χ1) is 38.7. The van der Waals surface area contributed by atoms with Crippen LogP contribution in [0.25, 0.3) is 33.4 Å². The van der Waals surface area contributed by atoms with Gasteiger partial charge in [0.1, 0.15) is 29.2 Å². The van der Waals surface area contributed by atoms with Crippen LogP contribution >= 0.6 is 0 Å². The van der Waals surface area contributed by atoms with E-state index in [4.69, 9.17) is 36.6 Å². The SMILES string of the molecule is CCCCc1cn([C@@H](CCCCN)C(=O)N2CCN(c3nc(Nc4ccc(-c5c6ccc(=O)cc-6oc6cc(O)ccc56)c(C(=O)O)c4)nc(N4CCN(C(=O)[C@H]([C@@H](C)CC)n5cc(CCCN=C(N)N)nn5)CC4)n3)CC2)nn1. The van der Waals surface area contributed by atoms with Crippen LogP contribution in [0.3, 0.4) is 0 Å².